The summed E-state index contributed by atoms with van der Waals surface area (Å²) in [6.45, 7) is 5.69. The van der Waals surface area contributed by atoms with Gasteiger partial charge in [-0.3, -0.25) is 4.68 Å². The van der Waals surface area contributed by atoms with Crippen LogP contribution in [0, 0.1) is 0 Å². The molecule has 1 aliphatic carbocycles. The van der Waals surface area contributed by atoms with Crippen LogP contribution in [0.25, 0.3) is 16.8 Å². The minimum atomic E-state index is -0.497. The van der Waals surface area contributed by atoms with Crippen molar-refractivity contribution in [2.24, 2.45) is 7.05 Å². The van der Waals surface area contributed by atoms with Crippen LogP contribution in [0.15, 0.2) is 30.9 Å². The third-order valence-electron chi connectivity index (χ3n) is 5.68. The molecular weight excluding hydrogens is 380 g/mol. The first-order valence-electron chi connectivity index (χ1n) is 10.5. The Labute approximate surface area is 176 Å². The van der Waals surface area contributed by atoms with Crippen molar-refractivity contribution in [1.82, 2.24) is 29.3 Å². The first-order chi connectivity index (χ1) is 14.2. The Morgan fingerprint density at radius 1 is 1.23 bits per heavy atom. The van der Waals surface area contributed by atoms with Gasteiger partial charge in [-0.05, 0) is 46.1 Å². The standard InChI is InChI=1S/C22H30N6O2/c1-22(2,3)30-21(29)27(5)17-8-6-7-15(11-17)20-19-9-10-23-28(19)14-18(25-20)16-12-24-26(4)13-16/h9-10,12-15,17H,6-8,11H2,1-5H3/t15-,17+/m1/s1. The number of ether oxygens (including phenoxy) is 1. The molecule has 3 aromatic rings. The molecule has 160 valence electrons. The van der Waals surface area contributed by atoms with E-state index in [1.807, 2.05) is 64.0 Å². The molecule has 0 radical (unpaired) electrons. The van der Waals surface area contributed by atoms with Gasteiger partial charge in [0.25, 0.3) is 0 Å². The van der Waals surface area contributed by atoms with Gasteiger partial charge in [-0.25, -0.2) is 14.3 Å². The Kier molecular flexibility index (Phi) is 5.26. The maximum absolute atomic E-state index is 12.6. The van der Waals surface area contributed by atoms with Crippen LogP contribution in [0.4, 0.5) is 4.79 Å². The van der Waals surface area contributed by atoms with Crippen molar-refractivity contribution in [2.45, 2.75) is 64.0 Å². The zero-order valence-electron chi connectivity index (χ0n) is 18.4. The molecule has 0 unspecified atom stereocenters. The van der Waals surface area contributed by atoms with Crippen LogP contribution in [0.3, 0.4) is 0 Å². The molecule has 0 aromatic carbocycles. The van der Waals surface area contributed by atoms with Gasteiger partial charge in [0.15, 0.2) is 0 Å². The molecule has 4 rings (SSSR count). The van der Waals surface area contributed by atoms with Crippen LogP contribution in [0.1, 0.15) is 58.1 Å². The van der Waals surface area contributed by atoms with Gasteiger partial charge in [0.1, 0.15) is 5.60 Å². The molecular formula is C22H30N6O2. The Hall–Kier alpha value is -2.90. The van der Waals surface area contributed by atoms with Crippen LogP contribution >= 0.6 is 0 Å². The SMILES string of the molecule is CN(C(=O)OC(C)(C)C)[C@H]1CCC[C@@H](c2nc(-c3cnn(C)c3)cn3nccc23)C1. The number of aryl methyl sites for hydroxylation is 1. The van der Waals surface area contributed by atoms with Crippen molar-refractivity contribution in [3.63, 3.8) is 0 Å². The second-order valence-corrected chi connectivity index (χ2v) is 9.18. The van der Waals surface area contributed by atoms with Crippen LogP contribution in [0.5, 0.6) is 0 Å². The van der Waals surface area contributed by atoms with E-state index in [0.717, 1.165) is 48.2 Å². The summed E-state index contributed by atoms with van der Waals surface area (Å²) in [4.78, 5) is 19.4. The van der Waals surface area contributed by atoms with Crippen LogP contribution in [-0.4, -0.2) is 54.1 Å². The first-order valence-corrected chi connectivity index (χ1v) is 10.5. The molecule has 0 bridgehead atoms. The number of hydrogen-bond donors (Lipinski definition) is 0. The third-order valence-corrected chi connectivity index (χ3v) is 5.68. The molecule has 30 heavy (non-hydrogen) atoms. The van der Waals surface area contributed by atoms with Gasteiger partial charge in [-0.1, -0.05) is 6.42 Å². The van der Waals surface area contributed by atoms with Gasteiger partial charge >= 0.3 is 6.09 Å². The summed E-state index contributed by atoms with van der Waals surface area (Å²) in [5.74, 6) is 0.254. The van der Waals surface area contributed by atoms with Crippen molar-refractivity contribution in [3.05, 3.63) is 36.5 Å². The number of fused-ring (bicyclic) bond motifs is 1. The van der Waals surface area contributed by atoms with Crippen molar-refractivity contribution >= 4 is 11.6 Å². The van der Waals surface area contributed by atoms with Crippen LogP contribution in [-0.2, 0) is 11.8 Å². The third kappa shape index (κ3) is 4.17. The summed E-state index contributed by atoms with van der Waals surface area (Å²) in [6.07, 6.45) is 11.2. The van der Waals surface area contributed by atoms with Gasteiger partial charge in [0.05, 0.1) is 35.5 Å². The molecule has 1 aliphatic rings. The first kappa shape index (κ1) is 20.4. The van der Waals surface area contributed by atoms with E-state index in [1.54, 1.807) is 15.8 Å². The summed E-state index contributed by atoms with van der Waals surface area (Å²) in [5.41, 5.74) is 3.39. The molecule has 1 amide bonds. The fraction of sp³-hybridized carbons (Fsp3) is 0.545. The van der Waals surface area contributed by atoms with E-state index in [1.165, 1.54) is 0 Å². The lowest BCUT2D eigenvalue weighted by molar-refractivity contribution is 0.0180. The molecule has 0 aliphatic heterocycles. The van der Waals surface area contributed by atoms with E-state index in [4.69, 9.17) is 9.72 Å². The van der Waals surface area contributed by atoms with Crippen molar-refractivity contribution in [2.75, 3.05) is 7.05 Å². The van der Waals surface area contributed by atoms with Gasteiger partial charge < -0.3 is 9.64 Å². The average Bonchev–Trinajstić information content (AvgIpc) is 3.34. The van der Waals surface area contributed by atoms with Crippen LogP contribution in [0.2, 0.25) is 0 Å². The van der Waals surface area contributed by atoms with E-state index < -0.39 is 5.60 Å². The molecule has 3 aromatic heterocycles. The Morgan fingerprint density at radius 3 is 2.73 bits per heavy atom. The molecule has 8 heteroatoms. The van der Waals surface area contributed by atoms with Crippen LogP contribution < -0.4 is 0 Å². The highest BCUT2D eigenvalue weighted by Gasteiger charge is 2.32. The lowest BCUT2D eigenvalue weighted by atomic mass is 9.82. The minimum Gasteiger partial charge on any atom is -0.444 e. The van der Waals surface area contributed by atoms with Crippen molar-refractivity contribution in [3.8, 4) is 11.3 Å². The Morgan fingerprint density at radius 2 is 2.03 bits per heavy atom. The van der Waals surface area contributed by atoms with E-state index in [9.17, 15) is 4.79 Å². The molecule has 0 spiro atoms. The lowest BCUT2D eigenvalue weighted by Crippen LogP contribution is -2.42. The molecule has 0 saturated heterocycles. The maximum atomic E-state index is 12.6. The quantitative estimate of drug-likeness (QED) is 0.652. The summed E-state index contributed by atoms with van der Waals surface area (Å²) in [5, 5.41) is 8.73. The second kappa shape index (κ2) is 7.74. The number of carbonyl (C=O) groups excluding carboxylic acids is 1. The molecule has 1 fully saturated rings. The topological polar surface area (TPSA) is 77.6 Å². The summed E-state index contributed by atoms with van der Waals surface area (Å²) in [7, 11) is 3.74. The summed E-state index contributed by atoms with van der Waals surface area (Å²) >= 11 is 0. The van der Waals surface area contributed by atoms with E-state index in [-0.39, 0.29) is 18.1 Å². The van der Waals surface area contributed by atoms with Gasteiger partial charge in [-0.2, -0.15) is 10.2 Å². The fourth-order valence-corrected chi connectivity index (χ4v) is 4.19. The predicted octanol–water partition coefficient (Wildman–Crippen LogP) is 4.02. The lowest BCUT2D eigenvalue weighted by Gasteiger charge is -2.36. The minimum absolute atomic E-state index is 0.130. The molecule has 2 atom stereocenters. The van der Waals surface area contributed by atoms with Crippen molar-refractivity contribution < 1.29 is 9.53 Å². The van der Waals surface area contributed by atoms with Gasteiger partial charge in [-0.15, -0.1) is 0 Å². The van der Waals surface area contributed by atoms with Gasteiger partial charge in [0, 0.05) is 37.8 Å². The molecule has 8 nitrogen and oxygen atoms in total. The van der Waals surface area contributed by atoms with Crippen molar-refractivity contribution in [1.29, 1.82) is 0 Å². The largest absolute Gasteiger partial charge is 0.444 e. The van der Waals surface area contributed by atoms with E-state index in [2.05, 4.69) is 10.2 Å². The number of carbonyl (C=O) groups is 1. The molecule has 3 heterocycles. The maximum Gasteiger partial charge on any atom is 0.410 e. The monoisotopic (exact) mass is 410 g/mol. The number of aromatic nitrogens is 5. The fourth-order valence-electron chi connectivity index (χ4n) is 4.19. The van der Waals surface area contributed by atoms with Gasteiger partial charge in [0.2, 0.25) is 0 Å². The highest BCUT2D eigenvalue weighted by atomic mass is 16.6. The zero-order valence-corrected chi connectivity index (χ0v) is 18.4. The molecule has 0 N–H and O–H groups in total. The predicted molar refractivity (Wildman–Crippen MR) is 114 cm³/mol. The number of rotatable bonds is 3. The zero-order chi connectivity index (χ0) is 21.5. The normalized spacial score (nSPS) is 19.8. The highest BCUT2D eigenvalue weighted by molar-refractivity contribution is 5.68. The smallest absolute Gasteiger partial charge is 0.410 e. The number of nitrogens with zero attached hydrogens (tertiary/aromatic N) is 6. The highest BCUT2D eigenvalue weighted by Crippen LogP contribution is 2.37. The summed E-state index contributed by atoms with van der Waals surface area (Å²) in [6, 6.07) is 2.14. The van der Waals surface area contributed by atoms with E-state index >= 15 is 0 Å². The van der Waals surface area contributed by atoms with E-state index in [0.29, 0.717) is 0 Å². The number of hydrogen-bond acceptors (Lipinski definition) is 5. The second-order valence-electron chi connectivity index (χ2n) is 9.18. The number of amides is 1. The Balaban J connectivity index is 1.62. The summed E-state index contributed by atoms with van der Waals surface area (Å²) < 4.78 is 9.25. The Bertz CT molecular complexity index is 1050. The average molecular weight is 411 g/mol. The molecule has 1 saturated carbocycles.